The molecule has 1 amide bonds. The minimum atomic E-state index is 0.127. The normalized spacial score (nSPS) is 23.0. The second kappa shape index (κ2) is 4.69. The molecule has 2 heterocycles. The Kier molecular flexibility index (Phi) is 2.89. The highest BCUT2D eigenvalue weighted by molar-refractivity contribution is 5.80. The molecule has 1 aromatic heterocycles. The molecule has 1 aromatic carbocycles. The number of carbonyl (C=O) groups excluding carboxylic acids is 1. The van der Waals surface area contributed by atoms with Gasteiger partial charge in [0.1, 0.15) is 0 Å². The smallest absolute Gasteiger partial charge is 0.220 e. The van der Waals surface area contributed by atoms with Gasteiger partial charge in [-0.3, -0.25) is 4.79 Å². The van der Waals surface area contributed by atoms with Crippen LogP contribution in [0.3, 0.4) is 0 Å². The van der Waals surface area contributed by atoms with Crippen molar-refractivity contribution < 1.29 is 9.21 Å². The SMILES string of the molecule is O=C1CC(c2ccoc2)C(Cc2ccccc2)N1. The van der Waals surface area contributed by atoms with Crippen LogP contribution in [0.4, 0.5) is 0 Å². The van der Waals surface area contributed by atoms with Crippen LogP contribution in [-0.4, -0.2) is 11.9 Å². The van der Waals surface area contributed by atoms with E-state index in [0.717, 1.165) is 12.0 Å². The molecule has 92 valence electrons. The highest BCUT2D eigenvalue weighted by Crippen LogP contribution is 2.30. The van der Waals surface area contributed by atoms with E-state index in [1.807, 2.05) is 24.3 Å². The minimum absolute atomic E-state index is 0.127. The molecule has 3 nitrogen and oxygen atoms in total. The number of carbonyl (C=O) groups is 1. The molecule has 0 spiro atoms. The summed E-state index contributed by atoms with van der Waals surface area (Å²) in [6.07, 6.45) is 4.82. The van der Waals surface area contributed by atoms with E-state index in [1.54, 1.807) is 12.5 Å². The van der Waals surface area contributed by atoms with Crippen molar-refractivity contribution in [1.29, 1.82) is 0 Å². The first-order valence-corrected chi connectivity index (χ1v) is 6.18. The second-order valence-corrected chi connectivity index (χ2v) is 4.73. The van der Waals surface area contributed by atoms with Gasteiger partial charge in [0.25, 0.3) is 0 Å². The molecule has 0 bridgehead atoms. The molecular formula is C15H15NO2. The fraction of sp³-hybridized carbons (Fsp3) is 0.267. The zero-order chi connectivity index (χ0) is 12.4. The Bertz CT molecular complexity index is 519. The summed E-state index contributed by atoms with van der Waals surface area (Å²) in [5.41, 5.74) is 2.35. The van der Waals surface area contributed by atoms with Crippen molar-refractivity contribution in [1.82, 2.24) is 5.32 Å². The summed E-state index contributed by atoms with van der Waals surface area (Å²) in [6, 6.07) is 12.4. The lowest BCUT2D eigenvalue weighted by atomic mass is 9.90. The van der Waals surface area contributed by atoms with Crippen molar-refractivity contribution in [3.8, 4) is 0 Å². The van der Waals surface area contributed by atoms with Gasteiger partial charge in [0.2, 0.25) is 5.91 Å². The summed E-state index contributed by atoms with van der Waals surface area (Å²) in [4.78, 5) is 11.6. The average Bonchev–Trinajstić information content (AvgIpc) is 3.00. The standard InChI is InChI=1S/C15H15NO2/c17-15-9-13(12-6-7-18-10-12)14(16-15)8-11-4-2-1-3-5-11/h1-7,10,13-14H,8-9H2,(H,16,17). The molecule has 18 heavy (non-hydrogen) atoms. The fourth-order valence-corrected chi connectivity index (χ4v) is 2.61. The van der Waals surface area contributed by atoms with E-state index in [9.17, 15) is 4.79 Å². The molecule has 2 unspecified atom stereocenters. The average molecular weight is 241 g/mol. The van der Waals surface area contributed by atoms with Gasteiger partial charge in [-0.25, -0.2) is 0 Å². The van der Waals surface area contributed by atoms with Crippen molar-refractivity contribution in [2.24, 2.45) is 0 Å². The number of furan rings is 1. The summed E-state index contributed by atoms with van der Waals surface area (Å²) in [7, 11) is 0. The van der Waals surface area contributed by atoms with Gasteiger partial charge in [0.05, 0.1) is 12.5 Å². The van der Waals surface area contributed by atoms with Gasteiger partial charge in [0.15, 0.2) is 0 Å². The van der Waals surface area contributed by atoms with E-state index in [2.05, 4.69) is 17.4 Å². The van der Waals surface area contributed by atoms with Crippen molar-refractivity contribution in [3.05, 3.63) is 60.1 Å². The molecule has 1 N–H and O–H groups in total. The third-order valence-electron chi connectivity index (χ3n) is 3.51. The van der Waals surface area contributed by atoms with Gasteiger partial charge in [0, 0.05) is 18.4 Å². The van der Waals surface area contributed by atoms with Crippen molar-refractivity contribution >= 4 is 5.91 Å². The summed E-state index contributed by atoms with van der Waals surface area (Å²) < 4.78 is 5.12. The molecule has 0 radical (unpaired) electrons. The Labute approximate surface area is 106 Å². The third-order valence-corrected chi connectivity index (χ3v) is 3.51. The Morgan fingerprint density at radius 3 is 2.78 bits per heavy atom. The Balaban J connectivity index is 1.80. The molecule has 2 atom stereocenters. The van der Waals surface area contributed by atoms with Crippen molar-refractivity contribution in [2.45, 2.75) is 24.8 Å². The number of rotatable bonds is 3. The lowest BCUT2D eigenvalue weighted by Gasteiger charge is -2.17. The van der Waals surface area contributed by atoms with E-state index >= 15 is 0 Å². The number of hydrogen-bond acceptors (Lipinski definition) is 2. The molecule has 1 aliphatic heterocycles. The lowest BCUT2D eigenvalue weighted by Crippen LogP contribution is -2.30. The number of benzene rings is 1. The highest BCUT2D eigenvalue weighted by Gasteiger charge is 2.33. The van der Waals surface area contributed by atoms with Crippen LogP contribution in [0.1, 0.15) is 23.5 Å². The quantitative estimate of drug-likeness (QED) is 0.897. The predicted octanol–water partition coefficient (Wildman–Crippen LogP) is 2.49. The maximum atomic E-state index is 11.6. The topological polar surface area (TPSA) is 42.2 Å². The van der Waals surface area contributed by atoms with Crippen LogP contribution in [-0.2, 0) is 11.2 Å². The van der Waals surface area contributed by atoms with Gasteiger partial charge in [-0.15, -0.1) is 0 Å². The molecule has 3 rings (SSSR count). The van der Waals surface area contributed by atoms with E-state index in [-0.39, 0.29) is 17.9 Å². The Morgan fingerprint density at radius 1 is 1.22 bits per heavy atom. The summed E-state index contributed by atoms with van der Waals surface area (Å²) in [5.74, 6) is 0.346. The van der Waals surface area contributed by atoms with Crippen molar-refractivity contribution in [2.75, 3.05) is 0 Å². The van der Waals surface area contributed by atoms with Crippen LogP contribution in [0.25, 0.3) is 0 Å². The van der Waals surface area contributed by atoms with Crippen LogP contribution in [0.15, 0.2) is 53.3 Å². The summed E-state index contributed by atoms with van der Waals surface area (Å²) >= 11 is 0. The first-order valence-electron chi connectivity index (χ1n) is 6.18. The van der Waals surface area contributed by atoms with Gasteiger partial charge in [-0.1, -0.05) is 30.3 Å². The zero-order valence-electron chi connectivity index (χ0n) is 10.0. The molecule has 0 saturated carbocycles. The van der Waals surface area contributed by atoms with E-state index in [1.165, 1.54) is 5.56 Å². The number of nitrogens with one attached hydrogen (secondary N) is 1. The highest BCUT2D eigenvalue weighted by atomic mass is 16.3. The van der Waals surface area contributed by atoms with Crippen LogP contribution in [0, 0.1) is 0 Å². The molecular weight excluding hydrogens is 226 g/mol. The molecule has 1 aliphatic rings. The van der Waals surface area contributed by atoms with E-state index in [0.29, 0.717) is 6.42 Å². The van der Waals surface area contributed by atoms with Gasteiger partial charge in [-0.2, -0.15) is 0 Å². The van der Waals surface area contributed by atoms with Gasteiger partial charge in [-0.05, 0) is 23.6 Å². The van der Waals surface area contributed by atoms with Crippen LogP contribution in [0.2, 0.25) is 0 Å². The maximum Gasteiger partial charge on any atom is 0.220 e. The molecule has 2 aromatic rings. The summed E-state index contributed by atoms with van der Waals surface area (Å²) in [6.45, 7) is 0. The molecule has 1 fully saturated rings. The van der Waals surface area contributed by atoms with Gasteiger partial charge >= 0.3 is 0 Å². The van der Waals surface area contributed by atoms with Crippen LogP contribution in [0.5, 0.6) is 0 Å². The first kappa shape index (κ1) is 11.1. The number of amides is 1. The fourth-order valence-electron chi connectivity index (χ4n) is 2.61. The van der Waals surface area contributed by atoms with Crippen LogP contribution >= 0.6 is 0 Å². The molecule has 1 saturated heterocycles. The monoisotopic (exact) mass is 241 g/mol. The lowest BCUT2D eigenvalue weighted by molar-refractivity contribution is -0.119. The minimum Gasteiger partial charge on any atom is -0.472 e. The van der Waals surface area contributed by atoms with E-state index < -0.39 is 0 Å². The Morgan fingerprint density at radius 2 is 2.06 bits per heavy atom. The molecule has 0 aliphatic carbocycles. The largest absolute Gasteiger partial charge is 0.472 e. The summed E-state index contributed by atoms with van der Waals surface area (Å²) in [5, 5.41) is 3.06. The van der Waals surface area contributed by atoms with Crippen molar-refractivity contribution in [3.63, 3.8) is 0 Å². The Hall–Kier alpha value is -2.03. The molecule has 3 heteroatoms. The van der Waals surface area contributed by atoms with Gasteiger partial charge < -0.3 is 9.73 Å². The second-order valence-electron chi connectivity index (χ2n) is 4.73. The predicted molar refractivity (Wildman–Crippen MR) is 68.1 cm³/mol. The first-order chi connectivity index (χ1) is 8.83. The third kappa shape index (κ3) is 2.16. The van der Waals surface area contributed by atoms with Crippen LogP contribution < -0.4 is 5.32 Å². The zero-order valence-corrected chi connectivity index (χ0v) is 10.0. The van der Waals surface area contributed by atoms with E-state index in [4.69, 9.17) is 4.42 Å². The maximum absolute atomic E-state index is 11.6. The number of hydrogen-bond donors (Lipinski definition) is 1.